The van der Waals surface area contributed by atoms with Gasteiger partial charge in [0.25, 0.3) is 0 Å². The summed E-state index contributed by atoms with van der Waals surface area (Å²) in [4.78, 5) is 52.3. The van der Waals surface area contributed by atoms with Gasteiger partial charge in [0, 0.05) is 29.2 Å². The molecule has 4 bridgehead atoms. The van der Waals surface area contributed by atoms with Crippen molar-refractivity contribution in [2.75, 3.05) is 0 Å². The van der Waals surface area contributed by atoms with Crippen LogP contribution < -0.4 is 0 Å². The lowest BCUT2D eigenvalue weighted by Crippen LogP contribution is -2.73. The maximum absolute atomic E-state index is 14.0. The molecule has 7 rings (SSSR count). The molecule has 0 aromatic rings. The number of ether oxygens (including phenoxy) is 5. The van der Waals surface area contributed by atoms with Gasteiger partial charge >= 0.3 is 11.9 Å². The summed E-state index contributed by atoms with van der Waals surface area (Å²) in [7, 11) is 0. The fourth-order valence-corrected chi connectivity index (χ4v) is 9.05. The summed E-state index contributed by atoms with van der Waals surface area (Å²) < 4.78 is 29.9. The number of Topliss-reactive ketones (excluding diaryl/α,β-unsaturated/α-hetero) is 2. The summed E-state index contributed by atoms with van der Waals surface area (Å²) in [6, 6.07) is 0. The van der Waals surface area contributed by atoms with Gasteiger partial charge in [-0.3, -0.25) is 14.4 Å². The second-order valence-corrected chi connectivity index (χ2v) is 13.6. The Kier molecular flexibility index (Phi) is 4.95. The number of hydrogen-bond acceptors (Lipinski definition) is 11. The molecule has 10 atom stereocenters. The lowest BCUT2D eigenvalue weighted by Gasteiger charge is -2.52. The van der Waals surface area contributed by atoms with Crippen molar-refractivity contribution in [1.82, 2.24) is 0 Å². The minimum absolute atomic E-state index is 0.00257. The molecule has 0 saturated carbocycles. The van der Waals surface area contributed by atoms with Crippen LogP contribution in [0.2, 0.25) is 0 Å². The predicted octanol–water partition coefficient (Wildman–Crippen LogP) is 1.38. The Morgan fingerprint density at radius 2 is 1.85 bits per heavy atom. The summed E-state index contributed by atoms with van der Waals surface area (Å²) in [5.41, 5.74) is -5.00. The number of hydrogen-bond donors (Lipinski definition) is 2. The molecule has 11 nitrogen and oxygen atoms in total. The van der Waals surface area contributed by atoms with Crippen LogP contribution in [-0.4, -0.2) is 74.3 Å². The fourth-order valence-electron chi connectivity index (χ4n) is 9.05. The van der Waals surface area contributed by atoms with E-state index < -0.39 is 81.5 Å². The molecule has 11 heteroatoms. The van der Waals surface area contributed by atoms with E-state index in [0.29, 0.717) is 5.57 Å². The molecular weight excluding hydrogens is 524 g/mol. The minimum atomic E-state index is -2.36. The summed E-state index contributed by atoms with van der Waals surface area (Å²) in [5.74, 6) is -8.54. The molecule has 0 aliphatic carbocycles. The zero-order valence-corrected chi connectivity index (χ0v) is 23.1. The van der Waals surface area contributed by atoms with Crippen LogP contribution in [0.15, 0.2) is 23.5 Å². The van der Waals surface area contributed by atoms with E-state index >= 15 is 0 Å². The van der Waals surface area contributed by atoms with Gasteiger partial charge in [0.05, 0.1) is 24.0 Å². The maximum atomic E-state index is 14.0. The normalized spacial score (nSPS) is 51.5. The molecule has 2 N–H and O–H groups in total. The largest absolute Gasteiger partial charge is 0.450 e. The summed E-state index contributed by atoms with van der Waals surface area (Å²) in [6.45, 7) is 8.67. The topological polar surface area (TPSA) is 155 Å². The molecular formula is C29H34O11. The minimum Gasteiger partial charge on any atom is -0.450 e. The monoisotopic (exact) mass is 558 g/mol. The molecule has 40 heavy (non-hydrogen) atoms. The first kappa shape index (κ1) is 26.5. The number of fused-ring (bicyclic) bond motifs is 4. The Labute approximate surface area is 230 Å². The molecule has 0 radical (unpaired) electrons. The molecule has 6 saturated heterocycles. The number of aliphatic hydroxyl groups is 2. The lowest BCUT2D eigenvalue weighted by atomic mass is 9.63. The molecule has 2 spiro atoms. The predicted molar refractivity (Wildman–Crippen MR) is 132 cm³/mol. The molecule has 7 aliphatic rings. The molecule has 0 aromatic heterocycles. The van der Waals surface area contributed by atoms with Crippen molar-refractivity contribution in [3.8, 4) is 0 Å². The standard InChI is InChI=1S/C29H34O11/c1-13(8-15-9-14(2)23(33)36-15)21(31)25(5)6-7-26-20(22(32)27(34,12-25)40-26)16-10-17-24(3,4)38-18-11-19(30)39-28(17,18)29(26,35)37-16/h8-9,13,16-18,20,34-35H,6-7,10-12H2,1-5H3/t13-,16+,17+,18-,20+,25+,26-,27+,28-,29+/m1/s1. The summed E-state index contributed by atoms with van der Waals surface area (Å²) >= 11 is 0. The van der Waals surface area contributed by atoms with Crippen molar-refractivity contribution >= 4 is 23.5 Å². The SMILES string of the molecule is CC1=CC(=C[C@@H](C)C(=O)[C@@]2(C)CC[C@@]34O[C@@](O)(C2)C(=O)[C@@H]3[C@@H]2C[C@H]3C(C)(C)O[C@@H]5CC(=O)O[C@@]53[C@@]4(O)O2)OC1=O. The molecule has 6 fully saturated rings. The van der Waals surface area contributed by atoms with Crippen LogP contribution in [-0.2, 0) is 42.9 Å². The zero-order chi connectivity index (χ0) is 28.8. The lowest BCUT2D eigenvalue weighted by molar-refractivity contribution is -0.389. The van der Waals surface area contributed by atoms with E-state index in [9.17, 15) is 29.4 Å². The number of ketones is 2. The molecule has 0 aromatic carbocycles. The third-order valence-electron chi connectivity index (χ3n) is 10.7. The van der Waals surface area contributed by atoms with Crippen LogP contribution in [0.25, 0.3) is 0 Å². The maximum Gasteiger partial charge on any atom is 0.339 e. The highest BCUT2D eigenvalue weighted by atomic mass is 16.7. The molecule has 7 aliphatic heterocycles. The van der Waals surface area contributed by atoms with E-state index in [1.54, 1.807) is 32.9 Å². The van der Waals surface area contributed by atoms with Crippen molar-refractivity contribution in [2.45, 2.75) is 107 Å². The van der Waals surface area contributed by atoms with Crippen molar-refractivity contribution in [1.29, 1.82) is 0 Å². The number of carbonyl (C=O) groups is 4. The van der Waals surface area contributed by atoms with Crippen LogP contribution >= 0.6 is 0 Å². The van der Waals surface area contributed by atoms with Gasteiger partial charge < -0.3 is 33.9 Å². The number of allylic oxidation sites excluding steroid dienone is 2. The van der Waals surface area contributed by atoms with Gasteiger partial charge in [-0.25, -0.2) is 4.79 Å². The Bertz CT molecular complexity index is 1350. The fraction of sp³-hybridized carbons (Fsp3) is 0.724. The average Bonchev–Trinajstić information content (AvgIpc) is 3.50. The highest BCUT2D eigenvalue weighted by Crippen LogP contribution is 2.72. The number of carbonyl (C=O) groups excluding carboxylic acids is 4. The van der Waals surface area contributed by atoms with E-state index in [2.05, 4.69) is 0 Å². The number of cyclic esters (lactones) is 1. The van der Waals surface area contributed by atoms with E-state index in [1.165, 1.54) is 0 Å². The van der Waals surface area contributed by atoms with Gasteiger partial charge in [-0.1, -0.05) is 13.8 Å². The smallest absolute Gasteiger partial charge is 0.339 e. The van der Waals surface area contributed by atoms with Gasteiger partial charge in [-0.2, -0.15) is 0 Å². The van der Waals surface area contributed by atoms with Crippen LogP contribution in [0.1, 0.15) is 66.7 Å². The number of esters is 2. The van der Waals surface area contributed by atoms with E-state index in [-0.39, 0.29) is 43.6 Å². The molecule has 0 amide bonds. The van der Waals surface area contributed by atoms with Gasteiger partial charge in [0.15, 0.2) is 0 Å². The van der Waals surface area contributed by atoms with Crippen LogP contribution in [0.3, 0.4) is 0 Å². The average molecular weight is 559 g/mol. The van der Waals surface area contributed by atoms with Gasteiger partial charge in [0.2, 0.25) is 23.0 Å². The number of rotatable bonds is 3. The van der Waals surface area contributed by atoms with Gasteiger partial charge in [-0.05, 0) is 52.2 Å². The Morgan fingerprint density at radius 3 is 2.52 bits per heavy atom. The van der Waals surface area contributed by atoms with Gasteiger partial charge in [-0.15, -0.1) is 0 Å². The van der Waals surface area contributed by atoms with E-state index in [0.717, 1.165) is 0 Å². The second-order valence-electron chi connectivity index (χ2n) is 13.6. The molecule has 216 valence electrons. The van der Waals surface area contributed by atoms with Crippen molar-refractivity contribution in [3.05, 3.63) is 23.5 Å². The first-order valence-electron chi connectivity index (χ1n) is 14.0. The zero-order valence-electron chi connectivity index (χ0n) is 23.1. The highest BCUT2D eigenvalue weighted by molar-refractivity contribution is 5.96. The Hall–Kier alpha value is -2.44. The third-order valence-corrected chi connectivity index (χ3v) is 10.7. The van der Waals surface area contributed by atoms with Crippen molar-refractivity contribution in [3.63, 3.8) is 0 Å². The van der Waals surface area contributed by atoms with Crippen LogP contribution in [0.5, 0.6) is 0 Å². The van der Waals surface area contributed by atoms with E-state index in [1.807, 2.05) is 13.8 Å². The van der Waals surface area contributed by atoms with Crippen LogP contribution in [0, 0.1) is 23.2 Å². The first-order valence-corrected chi connectivity index (χ1v) is 14.0. The molecule has 0 unspecified atom stereocenters. The highest BCUT2D eigenvalue weighted by Gasteiger charge is 2.91. The Morgan fingerprint density at radius 1 is 1.12 bits per heavy atom. The molecule has 7 heterocycles. The summed E-state index contributed by atoms with van der Waals surface area (Å²) in [5, 5.41) is 24.3. The van der Waals surface area contributed by atoms with Crippen molar-refractivity contribution in [2.24, 2.45) is 23.2 Å². The van der Waals surface area contributed by atoms with Crippen molar-refractivity contribution < 1.29 is 53.1 Å². The summed E-state index contributed by atoms with van der Waals surface area (Å²) in [6.07, 6.45) is 1.49. The second kappa shape index (κ2) is 7.49. The van der Waals surface area contributed by atoms with E-state index in [4.69, 9.17) is 23.7 Å². The first-order chi connectivity index (χ1) is 18.5. The quantitative estimate of drug-likeness (QED) is 0.483. The third kappa shape index (κ3) is 2.87. The van der Waals surface area contributed by atoms with Gasteiger partial charge in [0.1, 0.15) is 23.2 Å². The van der Waals surface area contributed by atoms with Crippen LogP contribution in [0.4, 0.5) is 0 Å². The Balaban J connectivity index is 1.28.